The molecule has 0 saturated carbocycles. The molecule has 1 aromatic heterocycles. The maximum Gasteiger partial charge on any atom is 0.221 e. The second kappa shape index (κ2) is 8.08. The van der Waals surface area contributed by atoms with Gasteiger partial charge in [0, 0.05) is 31.4 Å². The number of fused-ring (bicyclic) bond motifs is 1. The second-order valence-corrected chi connectivity index (χ2v) is 5.83. The van der Waals surface area contributed by atoms with Crippen molar-refractivity contribution in [3.63, 3.8) is 0 Å². The molecular formula is C17H24N4O2. The van der Waals surface area contributed by atoms with Gasteiger partial charge < -0.3 is 10.1 Å². The molecule has 2 heterocycles. The monoisotopic (exact) mass is 316 g/mol. The second-order valence-electron chi connectivity index (χ2n) is 5.83. The predicted octanol–water partition coefficient (Wildman–Crippen LogP) is 1.26. The molecule has 2 aromatic rings. The Bertz CT molecular complexity index is 634. The summed E-state index contributed by atoms with van der Waals surface area (Å²) in [6.45, 7) is 6.02. The van der Waals surface area contributed by atoms with Crippen LogP contribution in [0.15, 0.2) is 30.5 Å². The third-order valence-electron chi connectivity index (χ3n) is 4.18. The van der Waals surface area contributed by atoms with E-state index in [2.05, 4.69) is 15.3 Å². The van der Waals surface area contributed by atoms with Gasteiger partial charge in [0.05, 0.1) is 31.5 Å². The summed E-state index contributed by atoms with van der Waals surface area (Å²) in [6, 6.07) is 8.05. The van der Waals surface area contributed by atoms with Crippen LogP contribution in [0, 0.1) is 0 Å². The molecule has 0 radical (unpaired) electrons. The van der Waals surface area contributed by atoms with Gasteiger partial charge in [-0.15, -0.1) is 0 Å². The number of aromatic nitrogens is 2. The molecule has 1 amide bonds. The summed E-state index contributed by atoms with van der Waals surface area (Å²) in [5, 5.41) is 8.45. The van der Waals surface area contributed by atoms with E-state index in [9.17, 15) is 4.79 Å². The maximum absolute atomic E-state index is 11.9. The van der Waals surface area contributed by atoms with Crippen LogP contribution in [0.3, 0.4) is 0 Å². The third-order valence-corrected chi connectivity index (χ3v) is 4.18. The largest absolute Gasteiger partial charge is 0.379 e. The lowest BCUT2D eigenvalue weighted by Gasteiger charge is -2.26. The smallest absolute Gasteiger partial charge is 0.221 e. The molecule has 0 spiro atoms. The Hall–Kier alpha value is -1.92. The van der Waals surface area contributed by atoms with Gasteiger partial charge in [0.2, 0.25) is 5.91 Å². The molecule has 1 aromatic carbocycles. The summed E-state index contributed by atoms with van der Waals surface area (Å²) in [6.07, 6.45) is 3.29. The highest BCUT2D eigenvalue weighted by Gasteiger charge is 2.10. The number of nitrogens with one attached hydrogen (secondary N) is 1. The van der Waals surface area contributed by atoms with Gasteiger partial charge in [0.1, 0.15) is 0 Å². The Kier molecular flexibility index (Phi) is 5.60. The van der Waals surface area contributed by atoms with Crippen molar-refractivity contribution in [1.29, 1.82) is 0 Å². The zero-order chi connectivity index (χ0) is 15.9. The lowest BCUT2D eigenvalue weighted by atomic mass is 10.2. The molecule has 3 rings (SSSR count). The zero-order valence-corrected chi connectivity index (χ0v) is 13.4. The highest BCUT2D eigenvalue weighted by atomic mass is 16.5. The number of para-hydroxylation sites is 1. The highest BCUT2D eigenvalue weighted by molar-refractivity contribution is 5.79. The fraction of sp³-hybridized carbons (Fsp3) is 0.529. The normalized spacial score (nSPS) is 15.8. The Morgan fingerprint density at radius 3 is 2.91 bits per heavy atom. The molecule has 0 bridgehead atoms. The summed E-state index contributed by atoms with van der Waals surface area (Å²) in [4.78, 5) is 14.3. The highest BCUT2D eigenvalue weighted by Crippen LogP contribution is 2.12. The molecular weight excluding hydrogens is 292 g/mol. The van der Waals surface area contributed by atoms with E-state index in [1.165, 1.54) is 0 Å². The number of benzene rings is 1. The lowest BCUT2D eigenvalue weighted by molar-refractivity contribution is -0.121. The third kappa shape index (κ3) is 4.53. The van der Waals surface area contributed by atoms with Crippen molar-refractivity contribution < 1.29 is 9.53 Å². The standard InChI is InChI=1S/C17H24N4O2/c22-17(18-7-3-8-20-10-12-23-13-11-20)6-9-21-16-5-2-1-4-15(16)14-19-21/h1-2,4-5,14H,3,6-13H2,(H,18,22). The average molecular weight is 316 g/mol. The van der Waals surface area contributed by atoms with E-state index in [1.807, 2.05) is 35.1 Å². The quantitative estimate of drug-likeness (QED) is 0.782. The molecule has 23 heavy (non-hydrogen) atoms. The van der Waals surface area contributed by atoms with Gasteiger partial charge >= 0.3 is 0 Å². The summed E-state index contributed by atoms with van der Waals surface area (Å²) in [5.41, 5.74) is 1.08. The molecule has 6 nitrogen and oxygen atoms in total. The first-order valence-electron chi connectivity index (χ1n) is 8.30. The number of amides is 1. The summed E-state index contributed by atoms with van der Waals surface area (Å²) < 4.78 is 7.21. The molecule has 124 valence electrons. The van der Waals surface area contributed by atoms with E-state index >= 15 is 0 Å². The van der Waals surface area contributed by atoms with Crippen molar-refractivity contribution in [3.05, 3.63) is 30.5 Å². The number of nitrogens with zero attached hydrogens (tertiary/aromatic N) is 3. The van der Waals surface area contributed by atoms with E-state index in [0.29, 0.717) is 13.0 Å². The molecule has 1 aliphatic rings. The van der Waals surface area contributed by atoms with Gasteiger partial charge in [0.15, 0.2) is 0 Å². The van der Waals surface area contributed by atoms with Crippen LogP contribution in [-0.4, -0.2) is 60.0 Å². The fourth-order valence-electron chi connectivity index (χ4n) is 2.86. The van der Waals surface area contributed by atoms with E-state index < -0.39 is 0 Å². The first-order chi connectivity index (χ1) is 11.3. The molecule has 6 heteroatoms. The number of rotatable bonds is 7. The lowest BCUT2D eigenvalue weighted by Crippen LogP contribution is -2.38. The number of hydrogen-bond donors (Lipinski definition) is 1. The van der Waals surface area contributed by atoms with Crippen molar-refractivity contribution >= 4 is 16.8 Å². The molecule has 1 saturated heterocycles. The number of morpholine rings is 1. The van der Waals surface area contributed by atoms with Crippen LogP contribution < -0.4 is 5.32 Å². The van der Waals surface area contributed by atoms with Crippen molar-refractivity contribution in [1.82, 2.24) is 20.0 Å². The summed E-state index contributed by atoms with van der Waals surface area (Å²) in [7, 11) is 0. The van der Waals surface area contributed by atoms with Crippen molar-refractivity contribution in [2.75, 3.05) is 39.4 Å². The van der Waals surface area contributed by atoms with Crippen LogP contribution in [-0.2, 0) is 16.1 Å². The first-order valence-corrected chi connectivity index (χ1v) is 8.30. The van der Waals surface area contributed by atoms with Crippen molar-refractivity contribution in [2.45, 2.75) is 19.4 Å². The van der Waals surface area contributed by atoms with Gasteiger partial charge in [-0.2, -0.15) is 5.10 Å². The van der Waals surface area contributed by atoms with Gasteiger partial charge in [-0.1, -0.05) is 18.2 Å². The zero-order valence-electron chi connectivity index (χ0n) is 13.4. The van der Waals surface area contributed by atoms with E-state index in [0.717, 1.165) is 56.7 Å². The minimum Gasteiger partial charge on any atom is -0.379 e. The van der Waals surface area contributed by atoms with Gasteiger partial charge in [-0.3, -0.25) is 14.4 Å². The molecule has 1 N–H and O–H groups in total. The average Bonchev–Trinajstić information content (AvgIpc) is 3.01. The minimum absolute atomic E-state index is 0.0894. The van der Waals surface area contributed by atoms with Crippen LogP contribution in [0.1, 0.15) is 12.8 Å². The SMILES string of the molecule is O=C(CCn1ncc2ccccc21)NCCCN1CCOCC1. The Labute approximate surface area is 136 Å². The topological polar surface area (TPSA) is 59.4 Å². The number of hydrogen-bond acceptors (Lipinski definition) is 4. The van der Waals surface area contributed by atoms with Gasteiger partial charge in [-0.05, 0) is 19.0 Å². The number of carbonyl (C=O) groups excluding carboxylic acids is 1. The van der Waals surface area contributed by atoms with Crippen LogP contribution in [0.4, 0.5) is 0 Å². The first kappa shape index (κ1) is 16.0. The van der Waals surface area contributed by atoms with Crippen LogP contribution in [0.2, 0.25) is 0 Å². The Morgan fingerprint density at radius 1 is 1.22 bits per heavy atom. The summed E-state index contributed by atoms with van der Waals surface area (Å²) >= 11 is 0. The molecule has 1 fully saturated rings. The number of ether oxygens (including phenoxy) is 1. The van der Waals surface area contributed by atoms with Crippen molar-refractivity contribution in [2.24, 2.45) is 0 Å². The Morgan fingerprint density at radius 2 is 2.04 bits per heavy atom. The molecule has 1 aliphatic heterocycles. The molecule has 0 atom stereocenters. The number of aryl methyl sites for hydroxylation is 1. The van der Waals surface area contributed by atoms with Crippen LogP contribution >= 0.6 is 0 Å². The van der Waals surface area contributed by atoms with Crippen LogP contribution in [0.25, 0.3) is 10.9 Å². The molecule has 0 unspecified atom stereocenters. The fourth-order valence-corrected chi connectivity index (χ4v) is 2.86. The van der Waals surface area contributed by atoms with E-state index in [1.54, 1.807) is 0 Å². The Balaban J connectivity index is 1.35. The van der Waals surface area contributed by atoms with E-state index in [-0.39, 0.29) is 5.91 Å². The van der Waals surface area contributed by atoms with Crippen LogP contribution in [0.5, 0.6) is 0 Å². The summed E-state index contributed by atoms with van der Waals surface area (Å²) in [5.74, 6) is 0.0894. The number of carbonyl (C=O) groups is 1. The minimum atomic E-state index is 0.0894. The molecule has 0 aliphatic carbocycles. The predicted molar refractivity (Wildman–Crippen MR) is 89.2 cm³/mol. The van der Waals surface area contributed by atoms with Gasteiger partial charge in [-0.25, -0.2) is 0 Å². The van der Waals surface area contributed by atoms with Crippen molar-refractivity contribution in [3.8, 4) is 0 Å². The maximum atomic E-state index is 11.9. The van der Waals surface area contributed by atoms with E-state index in [4.69, 9.17) is 4.74 Å². The van der Waals surface area contributed by atoms with Gasteiger partial charge in [0.25, 0.3) is 0 Å².